The molecule has 3 rings (SSSR count). The monoisotopic (exact) mass is 261 g/mol. The first kappa shape index (κ1) is 13.2. The van der Waals surface area contributed by atoms with Gasteiger partial charge in [-0.1, -0.05) is 38.5 Å². The maximum absolute atomic E-state index is 4.69. The third-order valence-corrected chi connectivity index (χ3v) is 4.79. The SMILES string of the molecule is c1nc(C2CCCCCCCC2)[nH]c1C1CCCN1. The molecule has 0 bridgehead atoms. The second kappa shape index (κ2) is 6.56. The summed E-state index contributed by atoms with van der Waals surface area (Å²) >= 11 is 0. The molecule has 0 spiro atoms. The van der Waals surface area contributed by atoms with Gasteiger partial charge in [0.2, 0.25) is 0 Å². The summed E-state index contributed by atoms with van der Waals surface area (Å²) in [5, 5.41) is 3.55. The van der Waals surface area contributed by atoms with Gasteiger partial charge in [0.15, 0.2) is 0 Å². The third kappa shape index (κ3) is 3.38. The van der Waals surface area contributed by atoms with Crippen LogP contribution in [0.15, 0.2) is 6.20 Å². The number of nitrogens with zero attached hydrogens (tertiary/aromatic N) is 1. The van der Waals surface area contributed by atoms with Crippen LogP contribution in [-0.2, 0) is 0 Å². The molecule has 19 heavy (non-hydrogen) atoms. The van der Waals surface area contributed by atoms with E-state index in [-0.39, 0.29) is 0 Å². The van der Waals surface area contributed by atoms with Crippen molar-refractivity contribution in [3.8, 4) is 0 Å². The molecule has 1 saturated heterocycles. The maximum Gasteiger partial charge on any atom is 0.109 e. The Hall–Kier alpha value is -0.830. The van der Waals surface area contributed by atoms with Gasteiger partial charge in [0.05, 0.1) is 5.69 Å². The molecule has 2 heterocycles. The molecule has 1 aliphatic carbocycles. The van der Waals surface area contributed by atoms with Crippen molar-refractivity contribution >= 4 is 0 Å². The Morgan fingerprint density at radius 2 is 1.63 bits per heavy atom. The van der Waals surface area contributed by atoms with Crippen molar-refractivity contribution in [3.05, 3.63) is 17.7 Å². The van der Waals surface area contributed by atoms with E-state index in [1.54, 1.807) is 0 Å². The van der Waals surface area contributed by atoms with Crippen LogP contribution in [0.1, 0.15) is 87.7 Å². The Morgan fingerprint density at radius 3 is 2.32 bits per heavy atom. The summed E-state index contributed by atoms with van der Waals surface area (Å²) in [7, 11) is 0. The highest BCUT2D eigenvalue weighted by Gasteiger charge is 2.21. The highest BCUT2D eigenvalue weighted by molar-refractivity contribution is 5.11. The number of H-pyrrole nitrogens is 1. The maximum atomic E-state index is 4.69. The quantitative estimate of drug-likeness (QED) is 0.843. The molecule has 3 heteroatoms. The van der Waals surface area contributed by atoms with E-state index in [0.717, 1.165) is 6.54 Å². The lowest BCUT2D eigenvalue weighted by Crippen LogP contribution is -2.13. The van der Waals surface area contributed by atoms with Crippen LogP contribution in [0, 0.1) is 0 Å². The molecule has 106 valence electrons. The molecular weight excluding hydrogens is 234 g/mol. The van der Waals surface area contributed by atoms with E-state index >= 15 is 0 Å². The molecule has 2 aliphatic rings. The fourth-order valence-corrected chi connectivity index (χ4v) is 3.59. The van der Waals surface area contributed by atoms with Crippen molar-refractivity contribution in [1.82, 2.24) is 15.3 Å². The Morgan fingerprint density at radius 1 is 0.895 bits per heavy atom. The summed E-state index contributed by atoms with van der Waals surface area (Å²) in [6.07, 6.45) is 15.7. The molecule has 1 aromatic heterocycles. The molecule has 2 fully saturated rings. The first-order valence-corrected chi connectivity index (χ1v) is 8.21. The van der Waals surface area contributed by atoms with Gasteiger partial charge in [0.1, 0.15) is 5.82 Å². The molecule has 0 radical (unpaired) electrons. The van der Waals surface area contributed by atoms with Gasteiger partial charge < -0.3 is 10.3 Å². The summed E-state index contributed by atoms with van der Waals surface area (Å²) in [6, 6.07) is 0.526. The van der Waals surface area contributed by atoms with Gasteiger partial charge in [-0.2, -0.15) is 0 Å². The van der Waals surface area contributed by atoms with Crippen LogP contribution in [0.3, 0.4) is 0 Å². The molecule has 1 saturated carbocycles. The molecule has 1 unspecified atom stereocenters. The van der Waals surface area contributed by atoms with Gasteiger partial charge in [0.25, 0.3) is 0 Å². The number of hydrogen-bond acceptors (Lipinski definition) is 2. The van der Waals surface area contributed by atoms with Gasteiger partial charge in [-0.25, -0.2) is 4.98 Å². The predicted molar refractivity (Wildman–Crippen MR) is 78.2 cm³/mol. The standard InChI is InChI=1S/C16H27N3/c1-2-4-6-9-13(8-5-3-1)16-18-12-15(19-16)14-10-7-11-17-14/h12-14,17H,1-11H2,(H,18,19). The summed E-state index contributed by atoms with van der Waals surface area (Å²) in [5.41, 5.74) is 1.31. The van der Waals surface area contributed by atoms with Gasteiger partial charge in [-0.05, 0) is 32.2 Å². The fourth-order valence-electron chi connectivity index (χ4n) is 3.59. The van der Waals surface area contributed by atoms with Crippen molar-refractivity contribution in [1.29, 1.82) is 0 Å². The van der Waals surface area contributed by atoms with Gasteiger partial charge >= 0.3 is 0 Å². The van der Waals surface area contributed by atoms with E-state index in [9.17, 15) is 0 Å². The van der Waals surface area contributed by atoms with Crippen LogP contribution >= 0.6 is 0 Å². The van der Waals surface area contributed by atoms with Crippen molar-refractivity contribution in [2.45, 2.75) is 76.2 Å². The first-order chi connectivity index (χ1) is 9.43. The van der Waals surface area contributed by atoms with E-state index in [0.29, 0.717) is 12.0 Å². The lowest BCUT2D eigenvalue weighted by atomic mass is 9.96. The van der Waals surface area contributed by atoms with Crippen LogP contribution in [-0.4, -0.2) is 16.5 Å². The van der Waals surface area contributed by atoms with E-state index < -0.39 is 0 Å². The molecule has 0 amide bonds. The minimum absolute atomic E-state index is 0.526. The Bertz CT molecular complexity index is 369. The Labute approximate surface area is 116 Å². The highest BCUT2D eigenvalue weighted by atomic mass is 15.0. The van der Waals surface area contributed by atoms with Gasteiger partial charge in [-0.15, -0.1) is 0 Å². The average Bonchev–Trinajstić information content (AvgIpc) is 3.11. The molecule has 3 nitrogen and oxygen atoms in total. The number of rotatable bonds is 2. The highest BCUT2D eigenvalue weighted by Crippen LogP contribution is 2.30. The number of aromatic amines is 1. The van der Waals surface area contributed by atoms with Crippen LogP contribution in [0.2, 0.25) is 0 Å². The topological polar surface area (TPSA) is 40.7 Å². The molecule has 1 atom stereocenters. The average molecular weight is 261 g/mol. The number of aromatic nitrogens is 2. The summed E-state index contributed by atoms with van der Waals surface area (Å²) in [4.78, 5) is 8.31. The van der Waals surface area contributed by atoms with E-state index in [2.05, 4.69) is 16.5 Å². The van der Waals surface area contributed by atoms with Crippen LogP contribution in [0.25, 0.3) is 0 Å². The lowest BCUT2D eigenvalue weighted by Gasteiger charge is -2.13. The van der Waals surface area contributed by atoms with Gasteiger partial charge in [0, 0.05) is 18.2 Å². The number of imidazole rings is 1. The Balaban J connectivity index is 1.65. The zero-order chi connectivity index (χ0) is 12.9. The van der Waals surface area contributed by atoms with Crippen LogP contribution in [0.5, 0.6) is 0 Å². The van der Waals surface area contributed by atoms with E-state index in [4.69, 9.17) is 4.98 Å². The van der Waals surface area contributed by atoms with Crippen molar-refractivity contribution in [3.63, 3.8) is 0 Å². The number of nitrogens with one attached hydrogen (secondary N) is 2. The summed E-state index contributed by atoms with van der Waals surface area (Å²) < 4.78 is 0. The molecule has 0 aromatic carbocycles. The van der Waals surface area contributed by atoms with Gasteiger partial charge in [-0.3, -0.25) is 0 Å². The minimum atomic E-state index is 0.526. The fraction of sp³-hybridized carbons (Fsp3) is 0.812. The molecular formula is C16H27N3. The molecule has 1 aliphatic heterocycles. The molecule has 2 N–H and O–H groups in total. The van der Waals surface area contributed by atoms with E-state index in [1.165, 1.54) is 75.7 Å². The second-order valence-corrected chi connectivity index (χ2v) is 6.27. The minimum Gasteiger partial charge on any atom is -0.344 e. The van der Waals surface area contributed by atoms with Crippen LogP contribution in [0.4, 0.5) is 0 Å². The smallest absolute Gasteiger partial charge is 0.109 e. The lowest BCUT2D eigenvalue weighted by molar-refractivity contribution is 0.517. The Kier molecular flexibility index (Phi) is 4.54. The molecule has 1 aromatic rings. The predicted octanol–water partition coefficient (Wildman–Crippen LogP) is 4.05. The number of hydrogen-bond donors (Lipinski definition) is 2. The van der Waals surface area contributed by atoms with Crippen molar-refractivity contribution in [2.75, 3.05) is 6.54 Å². The van der Waals surface area contributed by atoms with Crippen LogP contribution < -0.4 is 5.32 Å². The van der Waals surface area contributed by atoms with Crippen molar-refractivity contribution < 1.29 is 0 Å². The van der Waals surface area contributed by atoms with Crippen molar-refractivity contribution in [2.24, 2.45) is 0 Å². The summed E-state index contributed by atoms with van der Waals surface area (Å²) in [6.45, 7) is 1.16. The normalized spacial score (nSPS) is 26.8. The first-order valence-electron chi connectivity index (χ1n) is 8.21. The second-order valence-electron chi connectivity index (χ2n) is 6.27. The van der Waals surface area contributed by atoms with E-state index in [1.807, 2.05) is 0 Å². The zero-order valence-corrected chi connectivity index (χ0v) is 12.0. The third-order valence-electron chi connectivity index (χ3n) is 4.79. The summed E-state index contributed by atoms with van der Waals surface area (Å²) in [5.74, 6) is 1.93. The zero-order valence-electron chi connectivity index (χ0n) is 12.0. The largest absolute Gasteiger partial charge is 0.344 e.